The summed E-state index contributed by atoms with van der Waals surface area (Å²) in [6.07, 6.45) is 3.74. The highest BCUT2D eigenvalue weighted by Crippen LogP contribution is 2.34. The molecule has 0 spiro atoms. The zero-order valence-electron chi connectivity index (χ0n) is 11.9. The van der Waals surface area contributed by atoms with Crippen LogP contribution in [-0.4, -0.2) is 19.7 Å². The van der Waals surface area contributed by atoms with E-state index in [-0.39, 0.29) is 0 Å². The largest absolute Gasteiger partial charge is 0.492 e. The first-order chi connectivity index (χ1) is 10.2. The lowest BCUT2D eigenvalue weighted by molar-refractivity contribution is 0.253. The number of halogens is 2. The zero-order chi connectivity index (χ0) is 14.7. The normalized spacial score (nSPS) is 18.9. The van der Waals surface area contributed by atoms with Gasteiger partial charge in [0.1, 0.15) is 5.75 Å². The number of fused-ring (bicyclic) bond motifs is 1. The van der Waals surface area contributed by atoms with Crippen LogP contribution in [0.3, 0.4) is 0 Å². The topological polar surface area (TPSA) is 21.3 Å². The van der Waals surface area contributed by atoms with Crippen LogP contribution in [0, 0.1) is 5.92 Å². The van der Waals surface area contributed by atoms with Crippen LogP contribution in [0.1, 0.15) is 19.3 Å². The van der Waals surface area contributed by atoms with Gasteiger partial charge in [-0.25, -0.2) is 0 Å². The highest BCUT2D eigenvalue weighted by molar-refractivity contribution is 9.11. The lowest BCUT2D eigenvalue weighted by Gasteiger charge is -2.22. The third-order valence-corrected chi connectivity index (χ3v) is 5.37. The zero-order valence-corrected chi connectivity index (χ0v) is 15.0. The molecule has 2 aromatic carbocycles. The summed E-state index contributed by atoms with van der Waals surface area (Å²) in [5, 5.41) is 5.85. The minimum absolute atomic E-state index is 0.758. The first-order valence-corrected chi connectivity index (χ1v) is 9.04. The molecule has 1 unspecified atom stereocenters. The van der Waals surface area contributed by atoms with Crippen LogP contribution in [0.5, 0.6) is 5.75 Å². The van der Waals surface area contributed by atoms with Gasteiger partial charge in [0.2, 0.25) is 0 Å². The average molecular weight is 413 g/mol. The van der Waals surface area contributed by atoms with Crippen LogP contribution >= 0.6 is 31.9 Å². The first kappa shape index (κ1) is 15.3. The van der Waals surface area contributed by atoms with Crippen molar-refractivity contribution >= 4 is 42.6 Å². The maximum atomic E-state index is 5.99. The molecule has 1 aliphatic rings. The summed E-state index contributed by atoms with van der Waals surface area (Å²) in [7, 11) is 0. The second-order valence-electron chi connectivity index (χ2n) is 5.59. The minimum Gasteiger partial charge on any atom is -0.492 e. The molecule has 1 saturated heterocycles. The van der Waals surface area contributed by atoms with Crippen LogP contribution in [0.2, 0.25) is 0 Å². The molecule has 112 valence electrons. The molecule has 0 saturated carbocycles. The molecule has 0 aromatic heterocycles. The molecule has 0 amide bonds. The Hall–Kier alpha value is -0.580. The SMILES string of the molecule is Brc1ccc2c(Br)c(OCCC3CCCNC3)ccc2c1. The molecule has 1 atom stereocenters. The number of hydrogen-bond acceptors (Lipinski definition) is 2. The third-order valence-electron chi connectivity index (χ3n) is 4.06. The van der Waals surface area contributed by atoms with Gasteiger partial charge in [0.15, 0.2) is 0 Å². The highest BCUT2D eigenvalue weighted by atomic mass is 79.9. The molecule has 3 rings (SSSR count). The highest BCUT2D eigenvalue weighted by Gasteiger charge is 2.13. The predicted octanol–water partition coefficient (Wildman–Crippen LogP) is 5.13. The van der Waals surface area contributed by atoms with Gasteiger partial charge in [-0.05, 0) is 83.2 Å². The number of hydrogen-bond donors (Lipinski definition) is 1. The number of benzene rings is 2. The monoisotopic (exact) mass is 411 g/mol. The van der Waals surface area contributed by atoms with E-state index in [2.05, 4.69) is 67.5 Å². The molecule has 1 heterocycles. The van der Waals surface area contributed by atoms with E-state index in [4.69, 9.17) is 4.74 Å². The molecule has 0 radical (unpaired) electrons. The predicted molar refractivity (Wildman–Crippen MR) is 95.1 cm³/mol. The molecular weight excluding hydrogens is 394 g/mol. The Morgan fingerprint density at radius 1 is 1.19 bits per heavy atom. The van der Waals surface area contributed by atoms with Crippen LogP contribution in [0.25, 0.3) is 10.8 Å². The van der Waals surface area contributed by atoms with Crippen molar-refractivity contribution in [3.8, 4) is 5.75 Å². The van der Waals surface area contributed by atoms with E-state index < -0.39 is 0 Å². The van der Waals surface area contributed by atoms with E-state index >= 15 is 0 Å². The summed E-state index contributed by atoms with van der Waals surface area (Å²) in [4.78, 5) is 0. The van der Waals surface area contributed by atoms with Crippen LogP contribution in [0.4, 0.5) is 0 Å². The van der Waals surface area contributed by atoms with Crippen molar-refractivity contribution in [3.63, 3.8) is 0 Å². The average Bonchev–Trinajstić information content (AvgIpc) is 2.50. The van der Waals surface area contributed by atoms with Gasteiger partial charge in [-0.2, -0.15) is 0 Å². The molecule has 0 aliphatic carbocycles. The Morgan fingerprint density at radius 2 is 2.10 bits per heavy atom. The Bertz CT molecular complexity index is 623. The smallest absolute Gasteiger partial charge is 0.134 e. The maximum Gasteiger partial charge on any atom is 0.134 e. The van der Waals surface area contributed by atoms with Gasteiger partial charge >= 0.3 is 0 Å². The van der Waals surface area contributed by atoms with Crippen LogP contribution in [0.15, 0.2) is 39.3 Å². The van der Waals surface area contributed by atoms with Gasteiger partial charge in [-0.1, -0.05) is 28.1 Å². The Labute approximate surface area is 142 Å². The van der Waals surface area contributed by atoms with E-state index in [9.17, 15) is 0 Å². The van der Waals surface area contributed by atoms with E-state index in [1.807, 2.05) is 0 Å². The number of piperidine rings is 1. The van der Waals surface area contributed by atoms with Crippen molar-refractivity contribution < 1.29 is 4.74 Å². The molecular formula is C17H19Br2NO. The molecule has 4 heteroatoms. The maximum absolute atomic E-state index is 5.99. The van der Waals surface area contributed by atoms with Gasteiger partial charge in [0.25, 0.3) is 0 Å². The standard InChI is InChI=1S/C17H19Br2NO/c18-14-4-5-15-13(10-14)3-6-16(17(15)19)21-9-7-12-2-1-8-20-11-12/h3-6,10,12,20H,1-2,7-9,11H2. The van der Waals surface area contributed by atoms with Crippen molar-refractivity contribution in [1.82, 2.24) is 5.32 Å². The molecule has 0 bridgehead atoms. The minimum atomic E-state index is 0.758. The molecule has 1 N–H and O–H groups in total. The lowest BCUT2D eigenvalue weighted by Crippen LogP contribution is -2.30. The fraction of sp³-hybridized carbons (Fsp3) is 0.412. The van der Waals surface area contributed by atoms with Crippen molar-refractivity contribution in [3.05, 3.63) is 39.3 Å². The summed E-state index contributed by atoms with van der Waals surface area (Å²) in [6.45, 7) is 3.09. The summed E-state index contributed by atoms with van der Waals surface area (Å²) in [5.74, 6) is 1.70. The first-order valence-electron chi connectivity index (χ1n) is 7.45. The third kappa shape index (κ3) is 3.79. The van der Waals surface area contributed by atoms with Crippen molar-refractivity contribution in [2.24, 2.45) is 5.92 Å². The molecule has 1 fully saturated rings. The van der Waals surface area contributed by atoms with Crippen molar-refractivity contribution in [2.45, 2.75) is 19.3 Å². The second-order valence-corrected chi connectivity index (χ2v) is 7.30. The van der Waals surface area contributed by atoms with Gasteiger partial charge in [0.05, 0.1) is 11.1 Å². The van der Waals surface area contributed by atoms with Gasteiger partial charge in [-0.3, -0.25) is 0 Å². The summed E-state index contributed by atoms with van der Waals surface area (Å²) < 4.78 is 8.14. The van der Waals surface area contributed by atoms with Gasteiger partial charge < -0.3 is 10.1 Å². The summed E-state index contributed by atoms with van der Waals surface area (Å²) >= 11 is 7.19. The molecule has 1 aliphatic heterocycles. The summed E-state index contributed by atoms with van der Waals surface area (Å²) in [5.41, 5.74) is 0. The number of rotatable bonds is 4. The van der Waals surface area contributed by atoms with Crippen molar-refractivity contribution in [1.29, 1.82) is 0 Å². The van der Waals surface area contributed by atoms with Gasteiger partial charge in [-0.15, -0.1) is 0 Å². The van der Waals surface area contributed by atoms with Crippen LogP contribution in [-0.2, 0) is 0 Å². The van der Waals surface area contributed by atoms with E-state index in [1.54, 1.807) is 0 Å². The van der Waals surface area contributed by atoms with E-state index in [0.29, 0.717) is 0 Å². The fourth-order valence-electron chi connectivity index (χ4n) is 2.86. The summed E-state index contributed by atoms with van der Waals surface area (Å²) in [6, 6.07) is 10.5. The Morgan fingerprint density at radius 3 is 2.90 bits per heavy atom. The molecule has 21 heavy (non-hydrogen) atoms. The Balaban J connectivity index is 1.66. The fourth-order valence-corrected chi connectivity index (χ4v) is 3.85. The Kier molecular flexibility index (Phi) is 5.19. The van der Waals surface area contributed by atoms with Gasteiger partial charge in [0, 0.05) is 4.47 Å². The van der Waals surface area contributed by atoms with E-state index in [0.717, 1.165) is 40.2 Å². The second kappa shape index (κ2) is 7.12. The molecule has 2 aromatic rings. The quantitative estimate of drug-likeness (QED) is 0.751. The number of ether oxygens (including phenoxy) is 1. The lowest BCUT2D eigenvalue weighted by atomic mass is 9.97. The van der Waals surface area contributed by atoms with Crippen LogP contribution < -0.4 is 10.1 Å². The van der Waals surface area contributed by atoms with E-state index in [1.165, 1.54) is 30.2 Å². The number of nitrogens with one attached hydrogen (secondary N) is 1. The van der Waals surface area contributed by atoms with Crippen molar-refractivity contribution in [2.75, 3.05) is 19.7 Å². The molecule has 2 nitrogen and oxygen atoms in total.